The Morgan fingerprint density at radius 1 is 1.11 bits per heavy atom. The lowest BCUT2D eigenvalue weighted by molar-refractivity contribution is -0.141. The molecule has 2 aromatic rings. The molecule has 5 rings (SSSR count). The topological polar surface area (TPSA) is 91.3 Å². The van der Waals surface area contributed by atoms with Gasteiger partial charge in [0.15, 0.2) is 5.82 Å². The second kappa shape index (κ2) is 8.70. The van der Waals surface area contributed by atoms with Gasteiger partial charge >= 0.3 is 6.18 Å². The number of rotatable bonds is 5. The van der Waals surface area contributed by atoms with E-state index in [4.69, 9.17) is 4.98 Å². The summed E-state index contributed by atoms with van der Waals surface area (Å²) in [5.74, 6) is 1.93. The number of nitrogens with zero attached hydrogens (tertiary/aromatic N) is 5. The number of hydrogen-bond acceptors (Lipinski definition) is 6. The zero-order chi connectivity index (χ0) is 25.9. The lowest BCUT2D eigenvalue weighted by Crippen LogP contribution is -2.49. The maximum atomic E-state index is 13.0. The molecule has 1 aliphatic carbocycles. The molecule has 2 amide bonds. The third-order valence-electron chi connectivity index (χ3n) is 7.42. The van der Waals surface area contributed by atoms with Crippen LogP contribution in [0.5, 0.6) is 0 Å². The third kappa shape index (κ3) is 4.28. The van der Waals surface area contributed by atoms with Gasteiger partial charge in [-0.2, -0.15) is 13.2 Å². The first-order chi connectivity index (χ1) is 16.9. The molecule has 0 spiro atoms. The number of alkyl halides is 3. The fourth-order valence-electron chi connectivity index (χ4n) is 5.67. The first-order valence-electron chi connectivity index (χ1n) is 12.2. The summed E-state index contributed by atoms with van der Waals surface area (Å²) in [6, 6.07) is 1.80. The van der Waals surface area contributed by atoms with Crippen molar-refractivity contribution in [1.82, 2.24) is 19.9 Å². The van der Waals surface area contributed by atoms with Crippen molar-refractivity contribution < 1.29 is 22.8 Å². The van der Waals surface area contributed by atoms with Crippen LogP contribution in [0, 0.1) is 24.7 Å². The van der Waals surface area contributed by atoms with Crippen molar-refractivity contribution >= 4 is 23.3 Å². The van der Waals surface area contributed by atoms with Gasteiger partial charge in [0.1, 0.15) is 23.2 Å². The number of anilines is 2. The molecular weight excluding hydrogens is 473 g/mol. The van der Waals surface area contributed by atoms with Gasteiger partial charge in [0.25, 0.3) is 5.91 Å². The first-order valence-corrected chi connectivity index (χ1v) is 12.2. The molecule has 11 heteroatoms. The number of aryl methyl sites for hydroxylation is 1. The van der Waals surface area contributed by atoms with Crippen molar-refractivity contribution in [3.8, 4) is 0 Å². The van der Waals surface area contributed by atoms with Gasteiger partial charge in [-0.3, -0.25) is 9.59 Å². The summed E-state index contributed by atoms with van der Waals surface area (Å²) in [6.45, 7) is 6.49. The highest BCUT2D eigenvalue weighted by molar-refractivity contribution is 6.03. The molecule has 4 heterocycles. The standard InChI is InChI=1S/C25H29F3N6O2/c1-12(2)21-23(35)32-20-13(3)29-19(31-22(20)33(21)4)9-14-7-15(8-14)10-34-11-17-16(24(34)36)5-6-18(30-17)25(26,27)28/h5-6,12,14-15,21H,7-11H2,1-4H3,(H,32,35)/t14?,15?,21-/m0/s1. The van der Waals surface area contributed by atoms with Crippen LogP contribution in [0.4, 0.5) is 24.7 Å². The summed E-state index contributed by atoms with van der Waals surface area (Å²) in [4.78, 5) is 41.8. The summed E-state index contributed by atoms with van der Waals surface area (Å²) < 4.78 is 38.9. The molecular formula is C25H29F3N6O2. The number of halogens is 3. The quantitative estimate of drug-likeness (QED) is 0.668. The minimum absolute atomic E-state index is 0.0512. The number of pyridine rings is 1. The molecule has 0 radical (unpaired) electrons. The van der Waals surface area contributed by atoms with Crippen LogP contribution < -0.4 is 10.2 Å². The second-order valence-corrected chi connectivity index (χ2v) is 10.5. The van der Waals surface area contributed by atoms with E-state index in [-0.39, 0.29) is 47.5 Å². The molecule has 0 unspecified atom stereocenters. The predicted octanol–water partition coefficient (Wildman–Crippen LogP) is 3.84. The maximum absolute atomic E-state index is 13.0. The second-order valence-electron chi connectivity index (χ2n) is 10.5. The molecule has 2 aromatic heterocycles. The van der Waals surface area contributed by atoms with Gasteiger partial charge < -0.3 is 15.1 Å². The van der Waals surface area contributed by atoms with E-state index in [1.54, 1.807) is 4.90 Å². The van der Waals surface area contributed by atoms with Crippen molar-refractivity contribution in [3.05, 3.63) is 40.6 Å². The Kier molecular flexibility index (Phi) is 5.91. The summed E-state index contributed by atoms with van der Waals surface area (Å²) in [5, 5.41) is 2.96. The van der Waals surface area contributed by atoms with Crippen LogP contribution in [0.2, 0.25) is 0 Å². The van der Waals surface area contributed by atoms with Gasteiger partial charge in [0.05, 0.1) is 23.5 Å². The van der Waals surface area contributed by atoms with Crippen molar-refractivity contribution in [3.63, 3.8) is 0 Å². The van der Waals surface area contributed by atoms with Crippen LogP contribution >= 0.6 is 0 Å². The number of nitrogens with one attached hydrogen (secondary N) is 1. The highest BCUT2D eigenvalue weighted by atomic mass is 19.4. The summed E-state index contributed by atoms with van der Waals surface area (Å²) in [5.41, 5.74) is 0.876. The van der Waals surface area contributed by atoms with Crippen molar-refractivity contribution in [1.29, 1.82) is 0 Å². The van der Waals surface area contributed by atoms with Crippen LogP contribution in [0.3, 0.4) is 0 Å². The van der Waals surface area contributed by atoms with E-state index in [1.807, 2.05) is 32.7 Å². The summed E-state index contributed by atoms with van der Waals surface area (Å²) >= 11 is 0. The van der Waals surface area contributed by atoms with E-state index >= 15 is 0 Å². The molecule has 0 bridgehead atoms. The normalized spacial score (nSPS) is 23.5. The van der Waals surface area contributed by atoms with Crippen LogP contribution in [-0.4, -0.2) is 51.3 Å². The highest BCUT2D eigenvalue weighted by Crippen LogP contribution is 2.39. The lowest BCUT2D eigenvalue weighted by Gasteiger charge is -2.38. The zero-order valence-electron chi connectivity index (χ0n) is 20.7. The van der Waals surface area contributed by atoms with Crippen LogP contribution in [0.25, 0.3) is 0 Å². The molecule has 1 N–H and O–H groups in total. The van der Waals surface area contributed by atoms with Crippen LogP contribution in [0.1, 0.15) is 60.0 Å². The smallest absolute Gasteiger partial charge is 0.346 e. The monoisotopic (exact) mass is 502 g/mol. The number of carbonyl (C=O) groups excluding carboxylic acids is 2. The molecule has 36 heavy (non-hydrogen) atoms. The molecule has 8 nitrogen and oxygen atoms in total. The Hall–Kier alpha value is -3.24. The lowest BCUT2D eigenvalue weighted by atomic mass is 9.73. The van der Waals surface area contributed by atoms with Crippen LogP contribution in [0.15, 0.2) is 12.1 Å². The molecule has 1 fully saturated rings. The van der Waals surface area contributed by atoms with Crippen LogP contribution in [-0.2, 0) is 23.9 Å². The predicted molar refractivity (Wildman–Crippen MR) is 126 cm³/mol. The first kappa shape index (κ1) is 24.5. The van der Waals surface area contributed by atoms with E-state index < -0.39 is 11.9 Å². The Morgan fingerprint density at radius 2 is 1.83 bits per heavy atom. The zero-order valence-corrected chi connectivity index (χ0v) is 20.7. The van der Waals surface area contributed by atoms with E-state index in [0.29, 0.717) is 24.6 Å². The number of aromatic nitrogens is 3. The average molecular weight is 503 g/mol. The van der Waals surface area contributed by atoms with Gasteiger partial charge in [0.2, 0.25) is 5.91 Å². The largest absolute Gasteiger partial charge is 0.433 e. The van der Waals surface area contributed by atoms with Crippen molar-refractivity contribution in [2.24, 2.45) is 17.8 Å². The van der Waals surface area contributed by atoms with E-state index in [1.165, 1.54) is 6.07 Å². The summed E-state index contributed by atoms with van der Waals surface area (Å²) in [6.07, 6.45) is -2.05. The highest BCUT2D eigenvalue weighted by Gasteiger charge is 2.39. The molecule has 0 saturated heterocycles. The number of hydrogen-bond donors (Lipinski definition) is 1. The van der Waals surface area contributed by atoms with Gasteiger partial charge in [-0.05, 0) is 49.7 Å². The van der Waals surface area contributed by atoms with E-state index in [9.17, 15) is 22.8 Å². The molecule has 2 aliphatic heterocycles. The number of likely N-dealkylation sites (N-methyl/N-ethyl adjacent to an activating group) is 1. The molecule has 0 aromatic carbocycles. The third-order valence-corrected chi connectivity index (χ3v) is 7.42. The van der Waals surface area contributed by atoms with E-state index in [0.717, 1.165) is 36.2 Å². The van der Waals surface area contributed by atoms with Crippen molar-refractivity contribution in [2.75, 3.05) is 23.8 Å². The fourth-order valence-corrected chi connectivity index (χ4v) is 5.67. The maximum Gasteiger partial charge on any atom is 0.433 e. The number of fused-ring (bicyclic) bond motifs is 2. The van der Waals surface area contributed by atoms with Gasteiger partial charge in [-0.15, -0.1) is 0 Å². The molecule has 192 valence electrons. The average Bonchev–Trinajstić information content (AvgIpc) is 3.07. The fraction of sp³-hybridized carbons (Fsp3) is 0.560. The van der Waals surface area contributed by atoms with Crippen molar-refractivity contribution in [2.45, 2.75) is 58.8 Å². The molecule has 3 aliphatic rings. The van der Waals surface area contributed by atoms with Gasteiger partial charge in [-0.25, -0.2) is 15.0 Å². The molecule has 1 atom stereocenters. The van der Waals surface area contributed by atoms with E-state index in [2.05, 4.69) is 15.3 Å². The summed E-state index contributed by atoms with van der Waals surface area (Å²) in [7, 11) is 1.88. The Morgan fingerprint density at radius 3 is 2.50 bits per heavy atom. The Bertz CT molecular complexity index is 1230. The number of carbonyl (C=O) groups is 2. The van der Waals surface area contributed by atoms with Gasteiger partial charge in [0, 0.05) is 20.0 Å². The Labute approximate surface area is 207 Å². The minimum atomic E-state index is -4.53. The molecule has 1 saturated carbocycles. The van der Waals surface area contributed by atoms with Gasteiger partial charge in [-0.1, -0.05) is 13.8 Å². The number of amides is 2. The minimum Gasteiger partial charge on any atom is -0.346 e. The Balaban J connectivity index is 1.20. The SMILES string of the molecule is Cc1nc(CC2CC(CN3Cc4nc(C(F)(F)F)ccc4C3=O)C2)nc2c1NC(=O)[C@H](C(C)C)N2C.